The fourth-order valence-corrected chi connectivity index (χ4v) is 2.72. The number of hydrogen-bond acceptors (Lipinski definition) is 7. The minimum Gasteiger partial charge on any atom is -0.337 e. The summed E-state index contributed by atoms with van der Waals surface area (Å²) >= 11 is 0. The first-order chi connectivity index (χ1) is 13.7. The van der Waals surface area contributed by atoms with E-state index in [9.17, 15) is 18.8 Å². The Balaban J connectivity index is 2.10. The number of halogens is 1. The van der Waals surface area contributed by atoms with Crippen LogP contribution in [0.3, 0.4) is 0 Å². The van der Waals surface area contributed by atoms with Crippen molar-refractivity contribution in [3.05, 3.63) is 56.7 Å². The fraction of sp³-hybridized carbons (Fsp3) is 0.333. The molecular weight excluding hydrogens is 381 g/mol. The summed E-state index contributed by atoms with van der Waals surface area (Å²) in [4.78, 5) is 44.7. The maximum atomic E-state index is 13.3. The number of benzene rings is 1. The molecule has 1 aromatic carbocycles. The van der Waals surface area contributed by atoms with E-state index >= 15 is 0 Å². The molecule has 0 bridgehead atoms. The van der Waals surface area contributed by atoms with E-state index in [1.165, 1.54) is 36.2 Å². The van der Waals surface area contributed by atoms with Gasteiger partial charge in [0.2, 0.25) is 5.91 Å². The Labute approximate surface area is 164 Å². The van der Waals surface area contributed by atoms with Crippen molar-refractivity contribution >= 4 is 17.1 Å². The number of carbonyl (C=O) groups excluding carboxylic acids is 1. The molecule has 0 atom stereocenters. The van der Waals surface area contributed by atoms with E-state index in [1.54, 1.807) is 26.0 Å². The van der Waals surface area contributed by atoms with Crippen LogP contribution in [0.25, 0.3) is 16.9 Å². The van der Waals surface area contributed by atoms with Gasteiger partial charge < -0.3 is 9.80 Å². The van der Waals surface area contributed by atoms with Gasteiger partial charge in [-0.05, 0) is 38.4 Å². The van der Waals surface area contributed by atoms with Gasteiger partial charge in [-0.2, -0.15) is 0 Å². The third-order valence-corrected chi connectivity index (χ3v) is 4.25. The monoisotopic (exact) mass is 401 g/mol. The van der Waals surface area contributed by atoms with Crippen LogP contribution in [0.1, 0.15) is 5.82 Å². The number of aromatic nitrogens is 5. The molecule has 0 aliphatic rings. The highest BCUT2D eigenvalue weighted by atomic mass is 19.1. The lowest BCUT2D eigenvalue weighted by Crippen LogP contribution is -2.39. The van der Waals surface area contributed by atoms with Crippen molar-refractivity contribution in [2.24, 2.45) is 7.05 Å². The van der Waals surface area contributed by atoms with Crippen molar-refractivity contribution < 1.29 is 9.18 Å². The minimum atomic E-state index is -0.656. The fourth-order valence-electron chi connectivity index (χ4n) is 2.72. The Morgan fingerprint density at radius 1 is 1.10 bits per heavy atom. The molecule has 3 aromatic rings. The normalized spacial score (nSPS) is 11.2. The molecule has 11 heteroatoms. The highest BCUT2D eigenvalue weighted by Crippen LogP contribution is 2.11. The molecule has 0 spiro atoms. The molecule has 1 amide bonds. The molecule has 3 rings (SSSR count). The molecule has 0 unspecified atom stereocenters. The molecule has 0 N–H and O–H groups in total. The van der Waals surface area contributed by atoms with Gasteiger partial charge in [0.05, 0.1) is 18.8 Å². The van der Waals surface area contributed by atoms with Gasteiger partial charge in [-0.15, -0.1) is 10.2 Å². The predicted molar refractivity (Wildman–Crippen MR) is 103 cm³/mol. The standard InChI is InChI=1S/C18H20FN7O3/c1-23(2)10-14(27)24(3)9-13-20-15-16(22-21-13)26(18(29)25(4)17(15)28)12-7-5-11(19)6-8-12/h5-8H,9-10H2,1-4H3. The summed E-state index contributed by atoms with van der Waals surface area (Å²) in [6, 6.07) is 5.17. The second-order valence-electron chi connectivity index (χ2n) is 6.85. The number of hydrogen-bond donors (Lipinski definition) is 0. The molecule has 2 heterocycles. The van der Waals surface area contributed by atoms with Gasteiger partial charge in [0.25, 0.3) is 5.56 Å². The molecule has 0 saturated heterocycles. The number of amides is 1. The average molecular weight is 401 g/mol. The van der Waals surface area contributed by atoms with Crippen LogP contribution >= 0.6 is 0 Å². The van der Waals surface area contributed by atoms with Crippen LogP contribution < -0.4 is 11.2 Å². The molecule has 0 aliphatic heterocycles. The zero-order valence-electron chi connectivity index (χ0n) is 16.5. The summed E-state index contributed by atoms with van der Waals surface area (Å²) in [6.07, 6.45) is 0. The SMILES string of the molecule is CN(C)CC(=O)N(C)Cc1nnc2c(n1)c(=O)n(C)c(=O)n2-c1ccc(F)cc1. The lowest BCUT2D eigenvalue weighted by molar-refractivity contribution is -0.131. The van der Waals surface area contributed by atoms with Crippen LogP contribution in [0.15, 0.2) is 33.9 Å². The molecule has 0 radical (unpaired) electrons. The highest BCUT2D eigenvalue weighted by Gasteiger charge is 2.18. The van der Waals surface area contributed by atoms with Gasteiger partial charge in [0.1, 0.15) is 5.82 Å². The van der Waals surface area contributed by atoms with Crippen molar-refractivity contribution in [3.8, 4) is 5.69 Å². The highest BCUT2D eigenvalue weighted by molar-refractivity contribution is 5.78. The molecule has 0 aliphatic carbocycles. The third-order valence-electron chi connectivity index (χ3n) is 4.25. The van der Waals surface area contributed by atoms with E-state index in [4.69, 9.17) is 0 Å². The number of carbonyl (C=O) groups is 1. The van der Waals surface area contributed by atoms with Crippen molar-refractivity contribution in [2.45, 2.75) is 6.54 Å². The van der Waals surface area contributed by atoms with Crippen molar-refractivity contribution in [3.63, 3.8) is 0 Å². The van der Waals surface area contributed by atoms with Crippen LogP contribution in [0, 0.1) is 5.82 Å². The van der Waals surface area contributed by atoms with Crippen LogP contribution in [0.2, 0.25) is 0 Å². The zero-order valence-corrected chi connectivity index (χ0v) is 16.5. The number of nitrogens with zero attached hydrogens (tertiary/aromatic N) is 7. The molecular formula is C18H20FN7O3. The average Bonchev–Trinajstić information content (AvgIpc) is 2.67. The van der Waals surface area contributed by atoms with Crippen molar-refractivity contribution in [1.82, 2.24) is 34.1 Å². The number of likely N-dealkylation sites (N-methyl/N-ethyl adjacent to an activating group) is 2. The lowest BCUT2D eigenvalue weighted by atomic mass is 10.3. The Kier molecular flexibility index (Phi) is 5.50. The summed E-state index contributed by atoms with van der Waals surface area (Å²) in [5.41, 5.74) is -1.09. The lowest BCUT2D eigenvalue weighted by Gasteiger charge is -2.18. The maximum absolute atomic E-state index is 13.3. The maximum Gasteiger partial charge on any atom is 0.337 e. The van der Waals surface area contributed by atoms with Crippen molar-refractivity contribution in [2.75, 3.05) is 27.7 Å². The zero-order chi connectivity index (χ0) is 21.3. The van der Waals surface area contributed by atoms with E-state index in [-0.39, 0.29) is 36.0 Å². The summed E-state index contributed by atoms with van der Waals surface area (Å²) < 4.78 is 15.3. The van der Waals surface area contributed by atoms with Crippen LogP contribution in [0.4, 0.5) is 4.39 Å². The summed E-state index contributed by atoms with van der Waals surface area (Å²) in [6.45, 7) is 0.262. The minimum absolute atomic E-state index is 0.0456. The van der Waals surface area contributed by atoms with Gasteiger partial charge >= 0.3 is 5.69 Å². The van der Waals surface area contributed by atoms with E-state index < -0.39 is 17.1 Å². The van der Waals surface area contributed by atoms with E-state index in [1.807, 2.05) is 0 Å². The van der Waals surface area contributed by atoms with Gasteiger partial charge in [0, 0.05) is 14.1 Å². The van der Waals surface area contributed by atoms with Gasteiger partial charge in [-0.3, -0.25) is 14.2 Å². The second kappa shape index (κ2) is 7.87. The van der Waals surface area contributed by atoms with Gasteiger partial charge in [-0.25, -0.2) is 18.7 Å². The van der Waals surface area contributed by atoms with Crippen LogP contribution in [-0.4, -0.2) is 67.7 Å². The van der Waals surface area contributed by atoms with Gasteiger partial charge in [0.15, 0.2) is 17.0 Å². The van der Waals surface area contributed by atoms with E-state index in [0.29, 0.717) is 5.69 Å². The number of rotatable bonds is 5. The molecule has 152 valence electrons. The topological polar surface area (TPSA) is 106 Å². The molecule has 10 nitrogen and oxygen atoms in total. The predicted octanol–water partition coefficient (Wildman–Crippen LogP) is -0.466. The number of fused-ring (bicyclic) bond motifs is 1. The second-order valence-corrected chi connectivity index (χ2v) is 6.85. The molecule has 2 aromatic heterocycles. The summed E-state index contributed by atoms with van der Waals surface area (Å²) in [5.74, 6) is -0.454. The van der Waals surface area contributed by atoms with E-state index in [2.05, 4.69) is 15.2 Å². The molecule has 29 heavy (non-hydrogen) atoms. The largest absolute Gasteiger partial charge is 0.337 e. The summed E-state index contributed by atoms with van der Waals surface area (Å²) in [5, 5.41) is 7.98. The van der Waals surface area contributed by atoms with Crippen molar-refractivity contribution in [1.29, 1.82) is 0 Å². The Bertz CT molecular complexity index is 1190. The Morgan fingerprint density at radius 3 is 2.38 bits per heavy atom. The molecule has 0 saturated carbocycles. The van der Waals surface area contributed by atoms with Crippen LogP contribution in [0.5, 0.6) is 0 Å². The summed E-state index contributed by atoms with van der Waals surface area (Å²) in [7, 11) is 6.46. The van der Waals surface area contributed by atoms with Gasteiger partial charge in [-0.1, -0.05) is 0 Å². The van der Waals surface area contributed by atoms with Crippen LogP contribution in [-0.2, 0) is 18.4 Å². The smallest absolute Gasteiger partial charge is 0.337 e. The Hall–Kier alpha value is -3.47. The first-order valence-electron chi connectivity index (χ1n) is 8.69. The molecule has 0 fully saturated rings. The first kappa shape index (κ1) is 20.3. The quantitative estimate of drug-likeness (QED) is 0.569. The first-order valence-corrected chi connectivity index (χ1v) is 8.69. The third kappa shape index (κ3) is 4.04. The Morgan fingerprint density at radius 2 is 1.76 bits per heavy atom. The van der Waals surface area contributed by atoms with E-state index in [0.717, 1.165) is 9.13 Å².